The Morgan fingerprint density at radius 2 is 2.00 bits per heavy atom. The number of halogens is 2. The van der Waals surface area contributed by atoms with Crippen molar-refractivity contribution in [3.63, 3.8) is 0 Å². The average Bonchev–Trinajstić information content (AvgIpc) is 2.59. The van der Waals surface area contributed by atoms with Gasteiger partial charge in [-0.05, 0) is 36.8 Å². The molecule has 2 aromatic rings. The number of benzene rings is 2. The Hall–Kier alpha value is -2.35. The first-order chi connectivity index (χ1) is 12.3. The van der Waals surface area contributed by atoms with Crippen LogP contribution in [-0.4, -0.2) is 24.5 Å². The van der Waals surface area contributed by atoms with Crippen LogP contribution in [0.2, 0.25) is 10.0 Å². The van der Waals surface area contributed by atoms with Crippen molar-refractivity contribution in [1.82, 2.24) is 5.32 Å². The number of methoxy groups -OCH3 is 1. The van der Waals surface area contributed by atoms with Crippen LogP contribution in [0, 0.1) is 10.1 Å². The predicted octanol–water partition coefficient (Wildman–Crippen LogP) is 4.20. The van der Waals surface area contributed by atoms with Crippen molar-refractivity contribution in [2.24, 2.45) is 0 Å². The SMILES string of the molecule is COc1ccc(NC(=O)CN[C@H](C)c2ccc(Cl)cc2Cl)c([N+](=O)[O-])c1. The number of ether oxygens (including phenoxy) is 1. The van der Waals surface area contributed by atoms with Gasteiger partial charge in [-0.15, -0.1) is 0 Å². The first kappa shape index (κ1) is 20.0. The number of rotatable bonds is 7. The van der Waals surface area contributed by atoms with Crippen LogP contribution in [0.25, 0.3) is 0 Å². The molecule has 0 aliphatic carbocycles. The lowest BCUT2D eigenvalue weighted by atomic mass is 10.1. The molecule has 2 rings (SSSR count). The lowest BCUT2D eigenvalue weighted by Crippen LogP contribution is -2.30. The fourth-order valence-corrected chi connectivity index (χ4v) is 2.87. The Balaban J connectivity index is 2.02. The number of amides is 1. The van der Waals surface area contributed by atoms with Crippen LogP contribution in [-0.2, 0) is 4.79 Å². The Bertz CT molecular complexity index is 830. The molecule has 7 nitrogen and oxygen atoms in total. The van der Waals surface area contributed by atoms with Crippen molar-refractivity contribution in [3.05, 3.63) is 62.1 Å². The standard InChI is InChI=1S/C17H17Cl2N3O4/c1-10(13-5-3-11(18)7-14(13)19)20-9-17(23)21-15-6-4-12(26-2)8-16(15)22(24)25/h3-8,10,20H,9H2,1-2H3,(H,21,23)/t10-/m1/s1. The van der Waals surface area contributed by atoms with Crippen molar-refractivity contribution >= 4 is 40.5 Å². The molecule has 0 bridgehead atoms. The minimum Gasteiger partial charge on any atom is -0.496 e. The lowest BCUT2D eigenvalue weighted by molar-refractivity contribution is -0.384. The van der Waals surface area contributed by atoms with Gasteiger partial charge in [0.1, 0.15) is 11.4 Å². The molecule has 26 heavy (non-hydrogen) atoms. The Labute approximate surface area is 160 Å². The molecular formula is C17H17Cl2N3O4. The molecule has 0 aliphatic rings. The highest BCUT2D eigenvalue weighted by Crippen LogP contribution is 2.29. The molecule has 138 valence electrons. The lowest BCUT2D eigenvalue weighted by Gasteiger charge is -2.16. The zero-order chi connectivity index (χ0) is 19.3. The monoisotopic (exact) mass is 397 g/mol. The molecule has 0 heterocycles. The van der Waals surface area contributed by atoms with Gasteiger partial charge in [0.25, 0.3) is 5.69 Å². The molecule has 0 aliphatic heterocycles. The fourth-order valence-electron chi connectivity index (χ4n) is 2.30. The van der Waals surface area contributed by atoms with E-state index in [4.69, 9.17) is 27.9 Å². The van der Waals surface area contributed by atoms with E-state index in [0.29, 0.717) is 15.8 Å². The van der Waals surface area contributed by atoms with Crippen LogP contribution in [0.3, 0.4) is 0 Å². The second-order valence-corrected chi connectivity index (χ2v) is 6.30. The van der Waals surface area contributed by atoms with Crippen LogP contribution in [0.1, 0.15) is 18.5 Å². The van der Waals surface area contributed by atoms with Crippen molar-refractivity contribution in [2.45, 2.75) is 13.0 Å². The van der Waals surface area contributed by atoms with Crippen molar-refractivity contribution in [1.29, 1.82) is 0 Å². The summed E-state index contributed by atoms with van der Waals surface area (Å²) in [5, 5.41) is 17.7. The quantitative estimate of drug-likeness (QED) is 0.539. The van der Waals surface area contributed by atoms with Gasteiger partial charge < -0.3 is 15.4 Å². The molecule has 0 aromatic heterocycles. The number of nitrogens with one attached hydrogen (secondary N) is 2. The van der Waals surface area contributed by atoms with E-state index in [1.54, 1.807) is 18.2 Å². The smallest absolute Gasteiger partial charge is 0.296 e. The normalized spacial score (nSPS) is 11.7. The molecule has 9 heteroatoms. The van der Waals surface area contributed by atoms with E-state index in [1.165, 1.54) is 25.3 Å². The minimum atomic E-state index is -0.582. The molecule has 0 saturated carbocycles. The maximum atomic E-state index is 12.1. The largest absolute Gasteiger partial charge is 0.496 e. The number of hydrogen-bond donors (Lipinski definition) is 2. The Kier molecular flexibility index (Phi) is 6.79. The number of nitro groups is 1. The van der Waals surface area contributed by atoms with Gasteiger partial charge in [-0.1, -0.05) is 29.3 Å². The van der Waals surface area contributed by atoms with E-state index >= 15 is 0 Å². The molecule has 0 unspecified atom stereocenters. The van der Waals surface area contributed by atoms with Crippen LogP contribution in [0.4, 0.5) is 11.4 Å². The summed E-state index contributed by atoms with van der Waals surface area (Å²) in [5.41, 5.74) is 0.644. The second-order valence-electron chi connectivity index (χ2n) is 5.46. The third kappa shape index (κ3) is 5.08. The van der Waals surface area contributed by atoms with Crippen LogP contribution < -0.4 is 15.4 Å². The highest BCUT2D eigenvalue weighted by molar-refractivity contribution is 6.35. The summed E-state index contributed by atoms with van der Waals surface area (Å²) in [7, 11) is 1.41. The molecule has 1 atom stereocenters. The third-order valence-corrected chi connectivity index (χ3v) is 4.24. The van der Waals surface area contributed by atoms with Crippen molar-refractivity contribution in [3.8, 4) is 5.75 Å². The Morgan fingerprint density at radius 3 is 2.62 bits per heavy atom. The Morgan fingerprint density at radius 1 is 1.27 bits per heavy atom. The van der Waals surface area contributed by atoms with Gasteiger partial charge in [-0.3, -0.25) is 14.9 Å². The van der Waals surface area contributed by atoms with Gasteiger partial charge >= 0.3 is 0 Å². The summed E-state index contributed by atoms with van der Waals surface area (Å²) in [5.74, 6) is -0.0889. The highest BCUT2D eigenvalue weighted by atomic mass is 35.5. The van der Waals surface area contributed by atoms with Gasteiger partial charge in [-0.25, -0.2) is 0 Å². The first-order valence-corrected chi connectivity index (χ1v) is 8.38. The molecular weight excluding hydrogens is 381 g/mol. The van der Waals surface area contributed by atoms with Gasteiger partial charge in [-0.2, -0.15) is 0 Å². The summed E-state index contributed by atoms with van der Waals surface area (Å²) in [6.45, 7) is 1.79. The van der Waals surface area contributed by atoms with Gasteiger partial charge in [0.05, 0.1) is 24.6 Å². The highest BCUT2D eigenvalue weighted by Gasteiger charge is 2.18. The fraction of sp³-hybridized carbons (Fsp3) is 0.235. The number of carbonyl (C=O) groups is 1. The van der Waals surface area contributed by atoms with Gasteiger partial charge in [0, 0.05) is 16.1 Å². The number of hydrogen-bond acceptors (Lipinski definition) is 5. The number of carbonyl (C=O) groups excluding carboxylic acids is 1. The maximum absolute atomic E-state index is 12.1. The van der Waals surface area contributed by atoms with E-state index in [9.17, 15) is 14.9 Å². The van der Waals surface area contributed by atoms with Crippen LogP contribution in [0.15, 0.2) is 36.4 Å². The maximum Gasteiger partial charge on any atom is 0.296 e. The summed E-state index contributed by atoms with van der Waals surface area (Å²) in [6, 6.07) is 9.10. The average molecular weight is 398 g/mol. The zero-order valence-corrected chi connectivity index (χ0v) is 15.6. The summed E-state index contributed by atoms with van der Waals surface area (Å²) >= 11 is 12.0. The van der Waals surface area contributed by atoms with Crippen molar-refractivity contribution in [2.75, 3.05) is 19.0 Å². The minimum absolute atomic E-state index is 0.0523. The van der Waals surface area contributed by atoms with Gasteiger partial charge in [0.15, 0.2) is 0 Å². The van der Waals surface area contributed by atoms with E-state index in [2.05, 4.69) is 10.6 Å². The summed E-state index contributed by atoms with van der Waals surface area (Å²) < 4.78 is 4.96. The molecule has 0 saturated heterocycles. The second kappa shape index (κ2) is 8.84. The van der Waals surface area contributed by atoms with Crippen LogP contribution >= 0.6 is 23.2 Å². The van der Waals surface area contributed by atoms with Crippen molar-refractivity contribution < 1.29 is 14.5 Å². The van der Waals surface area contributed by atoms with E-state index < -0.39 is 10.8 Å². The van der Waals surface area contributed by atoms with E-state index in [1.807, 2.05) is 6.92 Å². The number of anilines is 1. The topological polar surface area (TPSA) is 93.5 Å². The number of nitro benzene ring substituents is 1. The molecule has 2 N–H and O–H groups in total. The number of nitrogens with zero attached hydrogens (tertiary/aromatic N) is 1. The van der Waals surface area contributed by atoms with Crippen LogP contribution in [0.5, 0.6) is 5.75 Å². The predicted molar refractivity (Wildman–Crippen MR) is 101 cm³/mol. The molecule has 2 aromatic carbocycles. The molecule has 0 radical (unpaired) electrons. The summed E-state index contributed by atoms with van der Waals surface area (Å²) in [4.78, 5) is 22.7. The molecule has 0 spiro atoms. The zero-order valence-electron chi connectivity index (χ0n) is 14.1. The van der Waals surface area contributed by atoms with E-state index in [0.717, 1.165) is 5.56 Å². The summed E-state index contributed by atoms with van der Waals surface area (Å²) in [6.07, 6.45) is 0. The van der Waals surface area contributed by atoms with E-state index in [-0.39, 0.29) is 24.0 Å². The van der Waals surface area contributed by atoms with Gasteiger partial charge in [0.2, 0.25) is 5.91 Å². The molecule has 1 amide bonds. The first-order valence-electron chi connectivity index (χ1n) is 7.62. The molecule has 0 fully saturated rings. The third-order valence-electron chi connectivity index (χ3n) is 3.67.